The summed E-state index contributed by atoms with van der Waals surface area (Å²) in [6, 6.07) is 0. The van der Waals surface area contributed by atoms with Crippen LogP contribution >= 0.6 is 10.6 Å². The highest BCUT2D eigenvalue weighted by atomic mass is 32.3. The van der Waals surface area contributed by atoms with Gasteiger partial charge in [-0.1, -0.05) is 51.2 Å². The number of hydrogen-bond donors (Lipinski definition) is 1. The van der Waals surface area contributed by atoms with Crippen LogP contribution < -0.4 is 5.32 Å². The molecule has 1 atom stereocenters. The second-order valence-electron chi connectivity index (χ2n) is 5.80. The van der Waals surface area contributed by atoms with E-state index in [0.717, 1.165) is 24.4 Å². The first-order chi connectivity index (χ1) is 10.5. The Morgan fingerprint density at radius 3 is 2.50 bits per heavy atom. The van der Waals surface area contributed by atoms with Gasteiger partial charge in [-0.15, -0.1) is 0 Å². The first kappa shape index (κ1) is 21.4. The molecule has 1 N–H and O–H groups in total. The van der Waals surface area contributed by atoms with E-state index in [0.29, 0.717) is 5.92 Å². The number of hydrogen-bond acceptors (Lipinski definition) is 3. The van der Waals surface area contributed by atoms with Crippen LogP contribution in [-0.4, -0.2) is 39.3 Å². The molecule has 0 aliphatic heterocycles. The predicted molar refractivity (Wildman–Crippen MR) is 101 cm³/mol. The van der Waals surface area contributed by atoms with Gasteiger partial charge in [0.25, 0.3) is 0 Å². The number of allylic oxidation sites excluding steroid dienone is 2. The quantitative estimate of drug-likeness (QED) is 0.372. The maximum absolute atomic E-state index is 5.45. The van der Waals surface area contributed by atoms with Gasteiger partial charge in [0.2, 0.25) is 0 Å². The predicted octanol–water partition coefficient (Wildman–Crippen LogP) is 4.63. The molecule has 0 saturated carbocycles. The zero-order chi connectivity index (χ0) is 16.8. The maximum atomic E-state index is 5.45. The van der Waals surface area contributed by atoms with Crippen molar-refractivity contribution >= 4 is 10.6 Å². The fourth-order valence-electron chi connectivity index (χ4n) is 2.11. The standard InChI is InChI=1S/C18H35NO2S/c1-7-8-12-17(2)15-19-16-18(3)13-10-9-11-14-22(6,20-4)21-5/h7-8,12,18-19H,1-2,9-11,13-16H2,3-6H3/b12-8-. The lowest BCUT2D eigenvalue weighted by atomic mass is 10.0. The molecule has 0 heterocycles. The molecule has 1 unspecified atom stereocenters. The highest BCUT2D eigenvalue weighted by Crippen LogP contribution is 2.45. The van der Waals surface area contributed by atoms with Crippen LogP contribution in [-0.2, 0) is 8.37 Å². The molecular formula is C18H35NO2S. The molecule has 0 rings (SSSR count). The molecule has 0 aromatic heterocycles. The van der Waals surface area contributed by atoms with Gasteiger partial charge in [0.05, 0.1) is 14.2 Å². The van der Waals surface area contributed by atoms with Crippen molar-refractivity contribution in [1.29, 1.82) is 0 Å². The van der Waals surface area contributed by atoms with E-state index in [-0.39, 0.29) is 0 Å². The van der Waals surface area contributed by atoms with Crippen LogP contribution in [0.3, 0.4) is 0 Å². The van der Waals surface area contributed by atoms with E-state index < -0.39 is 10.6 Å². The van der Waals surface area contributed by atoms with Crippen molar-refractivity contribution in [3.63, 3.8) is 0 Å². The lowest BCUT2D eigenvalue weighted by Crippen LogP contribution is -2.22. The van der Waals surface area contributed by atoms with Crippen molar-refractivity contribution < 1.29 is 8.37 Å². The average Bonchev–Trinajstić information content (AvgIpc) is 2.52. The van der Waals surface area contributed by atoms with Gasteiger partial charge in [-0.3, -0.25) is 8.37 Å². The monoisotopic (exact) mass is 329 g/mol. The third kappa shape index (κ3) is 11.1. The van der Waals surface area contributed by atoms with E-state index in [1.807, 2.05) is 12.2 Å². The molecule has 0 bridgehead atoms. The smallest absolute Gasteiger partial charge is 0.0603 e. The third-order valence-electron chi connectivity index (χ3n) is 3.73. The molecule has 3 nitrogen and oxygen atoms in total. The molecule has 4 heteroatoms. The van der Waals surface area contributed by atoms with Crippen LogP contribution in [0.15, 0.2) is 37.0 Å². The first-order valence-corrected chi connectivity index (χ1v) is 10.1. The highest BCUT2D eigenvalue weighted by molar-refractivity contribution is 8.25. The summed E-state index contributed by atoms with van der Waals surface area (Å²) in [5, 5.41) is 3.46. The van der Waals surface area contributed by atoms with Gasteiger partial charge in [0.15, 0.2) is 0 Å². The Balaban J connectivity index is 3.62. The van der Waals surface area contributed by atoms with Crippen LogP contribution in [0.25, 0.3) is 0 Å². The van der Waals surface area contributed by atoms with E-state index in [1.54, 1.807) is 20.3 Å². The molecule has 0 aliphatic carbocycles. The minimum Gasteiger partial charge on any atom is -0.312 e. The number of unbranched alkanes of at least 4 members (excludes halogenated alkanes) is 2. The molecular weight excluding hydrogens is 294 g/mol. The van der Waals surface area contributed by atoms with E-state index in [4.69, 9.17) is 8.37 Å². The maximum Gasteiger partial charge on any atom is 0.0603 e. The zero-order valence-electron chi connectivity index (χ0n) is 14.9. The number of nitrogens with one attached hydrogen (secondary N) is 1. The molecule has 130 valence electrons. The van der Waals surface area contributed by atoms with E-state index in [2.05, 4.69) is 31.7 Å². The van der Waals surface area contributed by atoms with Crippen molar-refractivity contribution in [1.82, 2.24) is 5.32 Å². The van der Waals surface area contributed by atoms with Crippen molar-refractivity contribution in [2.24, 2.45) is 5.92 Å². The Morgan fingerprint density at radius 2 is 1.91 bits per heavy atom. The molecule has 0 saturated heterocycles. The zero-order valence-corrected chi connectivity index (χ0v) is 15.7. The minimum absolute atomic E-state index is 0.694. The van der Waals surface area contributed by atoms with Gasteiger partial charge in [0.1, 0.15) is 0 Å². The van der Waals surface area contributed by atoms with Gasteiger partial charge in [-0.25, -0.2) is 0 Å². The van der Waals surface area contributed by atoms with Gasteiger partial charge in [-0.05, 0) is 30.9 Å². The summed E-state index contributed by atoms with van der Waals surface area (Å²) >= 11 is 0. The minimum atomic E-state index is -1.28. The largest absolute Gasteiger partial charge is 0.312 e. The van der Waals surface area contributed by atoms with Crippen LogP contribution in [0.5, 0.6) is 0 Å². The normalized spacial score (nSPS) is 14.2. The van der Waals surface area contributed by atoms with Crippen LogP contribution in [0.4, 0.5) is 0 Å². The summed E-state index contributed by atoms with van der Waals surface area (Å²) in [5.74, 6) is 1.72. The Bertz CT molecular complexity index is 338. The average molecular weight is 330 g/mol. The van der Waals surface area contributed by atoms with Gasteiger partial charge >= 0.3 is 0 Å². The van der Waals surface area contributed by atoms with Crippen molar-refractivity contribution in [2.75, 3.05) is 39.3 Å². The SMILES string of the molecule is C=C/C=C\C(=C)CNCC(C)CCCCCS(C)(OC)OC. The van der Waals surface area contributed by atoms with E-state index in [1.165, 1.54) is 25.7 Å². The summed E-state index contributed by atoms with van der Waals surface area (Å²) in [6.45, 7) is 11.8. The Kier molecular flexibility index (Phi) is 12.6. The summed E-state index contributed by atoms with van der Waals surface area (Å²) < 4.78 is 10.9. The second kappa shape index (κ2) is 12.9. The third-order valence-corrected chi connectivity index (χ3v) is 6.17. The molecule has 0 aliphatic rings. The molecule has 22 heavy (non-hydrogen) atoms. The van der Waals surface area contributed by atoms with Crippen molar-refractivity contribution in [3.8, 4) is 0 Å². The first-order valence-electron chi connectivity index (χ1n) is 8.02. The fourth-order valence-corrected chi connectivity index (χ4v) is 3.31. The van der Waals surface area contributed by atoms with Gasteiger partial charge < -0.3 is 5.32 Å². The Morgan fingerprint density at radius 1 is 1.23 bits per heavy atom. The highest BCUT2D eigenvalue weighted by Gasteiger charge is 2.10. The lowest BCUT2D eigenvalue weighted by molar-refractivity contribution is 0.349. The van der Waals surface area contributed by atoms with E-state index in [9.17, 15) is 0 Å². The van der Waals surface area contributed by atoms with Crippen LogP contribution in [0, 0.1) is 5.92 Å². The summed E-state index contributed by atoms with van der Waals surface area (Å²) in [4.78, 5) is 0. The van der Waals surface area contributed by atoms with Crippen LogP contribution in [0.1, 0.15) is 32.6 Å². The fraction of sp³-hybridized carbons (Fsp3) is 0.667. The number of rotatable bonds is 14. The molecule has 0 aromatic carbocycles. The summed E-state index contributed by atoms with van der Waals surface area (Å²) in [6.07, 6.45) is 12.7. The summed E-state index contributed by atoms with van der Waals surface area (Å²) in [5.41, 5.74) is 1.09. The van der Waals surface area contributed by atoms with E-state index >= 15 is 0 Å². The van der Waals surface area contributed by atoms with Crippen molar-refractivity contribution in [2.45, 2.75) is 32.6 Å². The molecule has 0 aromatic rings. The van der Waals surface area contributed by atoms with Gasteiger partial charge in [-0.2, -0.15) is 10.6 Å². The molecule has 0 spiro atoms. The lowest BCUT2D eigenvalue weighted by Gasteiger charge is -2.36. The topological polar surface area (TPSA) is 30.5 Å². The van der Waals surface area contributed by atoms with Crippen molar-refractivity contribution in [3.05, 3.63) is 37.0 Å². The second-order valence-corrected chi connectivity index (χ2v) is 8.73. The molecule has 0 amide bonds. The Hall–Kier alpha value is -0.550. The van der Waals surface area contributed by atoms with Gasteiger partial charge in [0, 0.05) is 18.6 Å². The molecule has 0 radical (unpaired) electrons. The Labute approximate surface area is 139 Å². The summed E-state index contributed by atoms with van der Waals surface area (Å²) in [7, 11) is 2.20. The van der Waals surface area contributed by atoms with Crippen LogP contribution in [0.2, 0.25) is 0 Å². The molecule has 0 fully saturated rings.